The number of hydrogen-bond acceptors (Lipinski definition) is 3. The second-order valence-corrected chi connectivity index (χ2v) is 10.1. The zero-order chi connectivity index (χ0) is 18.4. The lowest BCUT2D eigenvalue weighted by atomic mass is 9.69. The van der Waals surface area contributed by atoms with E-state index in [4.69, 9.17) is 4.74 Å². The molecule has 0 saturated heterocycles. The van der Waals surface area contributed by atoms with Gasteiger partial charge in [0, 0.05) is 0 Å². The summed E-state index contributed by atoms with van der Waals surface area (Å²) in [5.74, 6) is 5.73. The number of aliphatic hydroxyl groups excluding tert-OH is 1. The van der Waals surface area contributed by atoms with Gasteiger partial charge in [0.15, 0.2) is 0 Å². The summed E-state index contributed by atoms with van der Waals surface area (Å²) < 4.78 is 5.37. The quantitative estimate of drug-likeness (QED) is 0.699. The summed E-state index contributed by atoms with van der Waals surface area (Å²) in [6.45, 7) is 10.4. The van der Waals surface area contributed by atoms with Crippen molar-refractivity contribution in [1.29, 1.82) is 0 Å². The van der Waals surface area contributed by atoms with E-state index in [9.17, 15) is 9.90 Å². The van der Waals surface area contributed by atoms with Gasteiger partial charge in [0.25, 0.3) is 0 Å². The second-order valence-electron chi connectivity index (χ2n) is 10.1. The van der Waals surface area contributed by atoms with Crippen molar-refractivity contribution >= 4 is 5.97 Å². The monoisotopic (exact) mass is 350 g/mol. The Morgan fingerprint density at radius 3 is 2.28 bits per heavy atom. The summed E-state index contributed by atoms with van der Waals surface area (Å²) in [6.07, 6.45) is 7.14. The number of carbonyl (C=O) groups excluding carboxylic acids is 1. The number of fused-ring (bicyclic) bond motifs is 5. The maximum atomic E-state index is 12.0. The third kappa shape index (κ3) is 3.91. The predicted molar refractivity (Wildman–Crippen MR) is 99.9 cm³/mol. The second kappa shape index (κ2) is 7.21. The van der Waals surface area contributed by atoms with Gasteiger partial charge in [0.1, 0.15) is 5.60 Å². The van der Waals surface area contributed by atoms with Crippen molar-refractivity contribution in [1.82, 2.24) is 0 Å². The van der Waals surface area contributed by atoms with Crippen molar-refractivity contribution in [2.24, 2.45) is 41.4 Å². The van der Waals surface area contributed by atoms with E-state index >= 15 is 0 Å². The van der Waals surface area contributed by atoms with Gasteiger partial charge in [-0.3, -0.25) is 4.79 Å². The van der Waals surface area contributed by atoms with E-state index in [0.717, 1.165) is 41.9 Å². The molecule has 8 unspecified atom stereocenters. The van der Waals surface area contributed by atoms with Crippen LogP contribution in [0.2, 0.25) is 0 Å². The highest BCUT2D eigenvalue weighted by atomic mass is 16.6. The van der Waals surface area contributed by atoms with E-state index in [1.165, 1.54) is 32.1 Å². The fourth-order valence-electron chi connectivity index (χ4n) is 6.81. The summed E-state index contributed by atoms with van der Waals surface area (Å²) in [4.78, 5) is 12.0. The average Bonchev–Trinajstić information content (AvgIpc) is 3.14. The van der Waals surface area contributed by atoms with Crippen LogP contribution in [0.1, 0.15) is 79.6 Å². The minimum absolute atomic E-state index is 0.147. The first kappa shape index (κ1) is 19.2. The molecule has 0 heterocycles. The van der Waals surface area contributed by atoms with Gasteiger partial charge in [-0.1, -0.05) is 26.7 Å². The molecule has 144 valence electrons. The molecule has 0 aliphatic heterocycles. The van der Waals surface area contributed by atoms with Crippen LogP contribution < -0.4 is 0 Å². The van der Waals surface area contributed by atoms with Crippen molar-refractivity contribution in [3.63, 3.8) is 0 Å². The molecule has 3 aliphatic rings. The normalized spacial score (nSPS) is 41.0. The van der Waals surface area contributed by atoms with Crippen molar-refractivity contribution in [2.45, 2.75) is 91.3 Å². The van der Waals surface area contributed by atoms with Gasteiger partial charge < -0.3 is 9.84 Å². The number of ether oxygens (including phenoxy) is 1. The van der Waals surface area contributed by atoms with Gasteiger partial charge in [-0.2, -0.15) is 0 Å². The van der Waals surface area contributed by atoms with E-state index in [-0.39, 0.29) is 12.4 Å². The Morgan fingerprint density at radius 2 is 1.68 bits per heavy atom. The Labute approximate surface area is 153 Å². The van der Waals surface area contributed by atoms with Crippen molar-refractivity contribution in [3.05, 3.63) is 0 Å². The number of hydrogen-bond donors (Lipinski definition) is 1. The lowest BCUT2D eigenvalue weighted by molar-refractivity contribution is -0.157. The van der Waals surface area contributed by atoms with E-state index in [1.807, 2.05) is 20.8 Å². The maximum absolute atomic E-state index is 12.0. The molecule has 3 fully saturated rings. The smallest absolute Gasteiger partial charge is 0.308 e. The van der Waals surface area contributed by atoms with Gasteiger partial charge in [-0.25, -0.2) is 0 Å². The van der Waals surface area contributed by atoms with Crippen LogP contribution in [0.4, 0.5) is 0 Å². The molecule has 3 heteroatoms. The minimum atomic E-state index is -0.541. The van der Waals surface area contributed by atoms with Crippen LogP contribution in [-0.4, -0.2) is 22.8 Å². The first-order valence-corrected chi connectivity index (χ1v) is 10.6. The Balaban J connectivity index is 1.57. The molecule has 3 rings (SSSR count). The average molecular weight is 351 g/mol. The zero-order valence-corrected chi connectivity index (χ0v) is 16.8. The largest absolute Gasteiger partial charge is 0.460 e. The summed E-state index contributed by atoms with van der Waals surface area (Å²) in [5, 5.41) is 10.5. The lowest BCUT2D eigenvalue weighted by Gasteiger charge is -2.36. The molecule has 0 spiro atoms. The summed E-state index contributed by atoms with van der Waals surface area (Å²) >= 11 is 0. The fraction of sp³-hybridized carbons (Fsp3) is 0.955. The summed E-state index contributed by atoms with van der Waals surface area (Å²) in [5.41, 5.74) is -0.468. The number of rotatable bonds is 6. The highest BCUT2D eigenvalue weighted by molar-refractivity contribution is 5.70. The minimum Gasteiger partial charge on any atom is -0.460 e. The number of aliphatic hydroxyl groups is 1. The Bertz CT molecular complexity index is 480. The molecule has 0 radical (unpaired) electrons. The molecule has 25 heavy (non-hydrogen) atoms. The van der Waals surface area contributed by atoms with Gasteiger partial charge in [0.05, 0.1) is 12.5 Å². The highest BCUT2D eigenvalue weighted by Gasteiger charge is 2.59. The molecule has 0 amide bonds. The van der Waals surface area contributed by atoms with E-state index in [2.05, 4.69) is 13.8 Å². The third-order valence-electron chi connectivity index (χ3n) is 7.41. The van der Waals surface area contributed by atoms with Crippen LogP contribution in [0.25, 0.3) is 0 Å². The fourth-order valence-corrected chi connectivity index (χ4v) is 6.81. The van der Waals surface area contributed by atoms with Crippen LogP contribution in [-0.2, 0) is 9.53 Å². The zero-order valence-electron chi connectivity index (χ0n) is 16.8. The van der Waals surface area contributed by atoms with Crippen LogP contribution in [0, 0.1) is 41.4 Å². The first-order valence-electron chi connectivity index (χ1n) is 10.6. The van der Waals surface area contributed by atoms with Crippen LogP contribution >= 0.6 is 0 Å². The molecule has 0 aromatic heterocycles. The molecule has 0 aromatic carbocycles. The van der Waals surface area contributed by atoms with Gasteiger partial charge >= 0.3 is 5.97 Å². The Kier molecular flexibility index (Phi) is 5.54. The van der Waals surface area contributed by atoms with Gasteiger partial charge in [-0.15, -0.1) is 0 Å². The van der Waals surface area contributed by atoms with E-state index < -0.39 is 11.7 Å². The van der Waals surface area contributed by atoms with Crippen molar-refractivity contribution in [2.75, 3.05) is 0 Å². The summed E-state index contributed by atoms with van der Waals surface area (Å²) in [7, 11) is 0. The highest BCUT2D eigenvalue weighted by Crippen LogP contribution is 2.66. The van der Waals surface area contributed by atoms with Crippen LogP contribution in [0.3, 0.4) is 0 Å². The first-order chi connectivity index (χ1) is 11.7. The third-order valence-corrected chi connectivity index (χ3v) is 7.41. The predicted octanol–water partition coefficient (Wildman–Crippen LogP) is 4.81. The van der Waals surface area contributed by atoms with Crippen molar-refractivity contribution < 1.29 is 14.6 Å². The lowest BCUT2D eigenvalue weighted by Crippen LogP contribution is -2.33. The van der Waals surface area contributed by atoms with Gasteiger partial charge in [-0.05, 0) is 87.9 Å². The SMILES string of the molecule is CCC1CC(CC)C2C3CC(CC3CC(O)CC(=O)OC(C)(C)C)C12. The molecular weight excluding hydrogens is 312 g/mol. The molecule has 3 aliphatic carbocycles. The van der Waals surface area contributed by atoms with Gasteiger partial charge in [0.2, 0.25) is 0 Å². The number of carbonyl (C=O) groups is 1. The standard InChI is InChI=1S/C22H38O3/c1-6-13-8-14(7-2)21-18-11-16(20(13)21)9-15(18)10-17(23)12-19(24)25-22(3,4)5/h13-18,20-21,23H,6-12H2,1-5H3. The Hall–Kier alpha value is -0.570. The Morgan fingerprint density at radius 1 is 1.04 bits per heavy atom. The summed E-state index contributed by atoms with van der Waals surface area (Å²) in [6, 6.07) is 0. The molecule has 3 nitrogen and oxygen atoms in total. The molecular formula is C22H38O3. The molecule has 3 saturated carbocycles. The van der Waals surface area contributed by atoms with E-state index in [1.54, 1.807) is 0 Å². The topological polar surface area (TPSA) is 46.5 Å². The number of esters is 1. The van der Waals surface area contributed by atoms with E-state index in [0.29, 0.717) is 5.92 Å². The molecule has 8 atom stereocenters. The van der Waals surface area contributed by atoms with Crippen molar-refractivity contribution in [3.8, 4) is 0 Å². The maximum Gasteiger partial charge on any atom is 0.308 e. The van der Waals surface area contributed by atoms with Crippen LogP contribution in [0.15, 0.2) is 0 Å². The van der Waals surface area contributed by atoms with Crippen LogP contribution in [0.5, 0.6) is 0 Å². The molecule has 0 aromatic rings. The molecule has 2 bridgehead atoms. The molecule has 1 N–H and O–H groups in total.